The van der Waals surface area contributed by atoms with Crippen molar-refractivity contribution in [2.24, 2.45) is 17.8 Å². The van der Waals surface area contributed by atoms with E-state index in [0.717, 1.165) is 25.9 Å². The van der Waals surface area contributed by atoms with Gasteiger partial charge in [-0.2, -0.15) is 0 Å². The molecule has 2 saturated heterocycles. The molecule has 1 amide bonds. The van der Waals surface area contributed by atoms with Gasteiger partial charge in [-0.05, 0) is 51.9 Å². The van der Waals surface area contributed by atoms with E-state index in [1.165, 1.54) is 40.2 Å². The van der Waals surface area contributed by atoms with Gasteiger partial charge in [0, 0.05) is 74.4 Å². The Labute approximate surface area is 370 Å². The molecule has 340 valence electrons. The van der Waals surface area contributed by atoms with E-state index < -0.39 is 71.1 Å². The number of Topliss-reactive ketones (excluding diaryl/α,β-unsaturated/α-hetero) is 1. The summed E-state index contributed by atoms with van der Waals surface area (Å²) in [7, 11) is 3.53. The largest absolute Gasteiger partial charge is 0.507 e. The third kappa shape index (κ3) is 7.90. The molecule has 0 saturated carbocycles. The zero-order valence-electron chi connectivity index (χ0n) is 37.4. The van der Waals surface area contributed by atoms with Crippen LogP contribution in [0.15, 0.2) is 63.6 Å². The molecule has 0 aromatic heterocycles. The van der Waals surface area contributed by atoms with Crippen molar-refractivity contribution in [3.63, 3.8) is 0 Å². The molecule has 16 nitrogen and oxygen atoms in total. The summed E-state index contributed by atoms with van der Waals surface area (Å²) in [6, 6.07) is 5.15. The smallest absolute Gasteiger partial charge is 0.312 e. The molecule has 9 atom stereocenters. The number of piperidine rings is 1. The van der Waals surface area contributed by atoms with Gasteiger partial charge >= 0.3 is 11.8 Å². The normalized spacial score (nSPS) is 31.2. The number of ketones is 1. The molecular weight excluding hydrogens is 827 g/mol. The number of aromatic nitrogens is 1. The van der Waals surface area contributed by atoms with Gasteiger partial charge in [0.25, 0.3) is 11.7 Å². The molecule has 6 aliphatic heterocycles. The predicted octanol–water partition coefficient (Wildman–Crippen LogP) is 6.19. The van der Waals surface area contributed by atoms with E-state index in [4.69, 9.17) is 37.8 Å². The van der Waals surface area contributed by atoms with Gasteiger partial charge in [-0.3, -0.25) is 19.2 Å². The number of nitrogens with zero attached hydrogens (tertiary/aromatic N) is 2. The maximum Gasteiger partial charge on any atom is 0.312 e. The fourth-order valence-electron chi connectivity index (χ4n) is 9.33. The molecule has 6 heterocycles. The molecule has 2 fully saturated rings. The number of esters is 1. The molecule has 7 bridgehead atoms. The number of hydrogen-bond donors (Lipinski definition) is 3. The average Bonchev–Trinajstić information content (AvgIpc) is 3.71. The maximum absolute atomic E-state index is 14.8. The number of amides is 1. The lowest BCUT2D eigenvalue weighted by atomic mass is 9.86. The first-order valence-corrected chi connectivity index (χ1v) is 21.7. The molecule has 3 N–H and O–H groups in total. The summed E-state index contributed by atoms with van der Waals surface area (Å²) < 4.78 is 43.3. The number of allylic oxidation sites excluding steroid dienone is 2. The number of anilines is 1. The number of aliphatic hydroxyl groups excluding tert-OH is 1. The van der Waals surface area contributed by atoms with Crippen molar-refractivity contribution in [1.82, 2.24) is 9.88 Å². The number of phenolic OH excluding ortho intramolecular Hbond substituents is 1. The molecule has 9 rings (SSSR count). The summed E-state index contributed by atoms with van der Waals surface area (Å²) in [4.78, 5) is 63.2. The van der Waals surface area contributed by atoms with E-state index in [0.29, 0.717) is 11.3 Å². The number of hydrogen-bond acceptors (Lipinski definition) is 15. The second-order valence-corrected chi connectivity index (χ2v) is 17.7. The third-order valence-corrected chi connectivity index (χ3v) is 13.2. The second-order valence-electron chi connectivity index (χ2n) is 17.7. The zero-order valence-corrected chi connectivity index (χ0v) is 37.4. The Morgan fingerprint density at radius 2 is 1.77 bits per heavy atom. The van der Waals surface area contributed by atoms with Crippen LogP contribution in [0.25, 0.3) is 33.3 Å². The standard InChI is InChI=1S/C48H55N3O13/c1-22-11-10-12-23(2)47(57)50-37-40(55)34-33(36-44(37)62-32-21-29(13-14-30(32)49-36)61-28-15-18-51(8)19-16-28)35-42(25(4)38(34)53)64-48(7,46(35)56)59-20-17-31(58-9)24(3)43(60-27(6)52)45-39(54)26(5)41(22)63-45/h10-14,17,20-22,24,26,28,31,39,41,43,45,53-54H,15-16,18-19H2,1-9H3,(H,50,57)/b11-10+,20-17+,23-12-/t22-,24+,26-,31-,39+,41-,43+,45+,48-/m0/s1. The lowest BCUT2D eigenvalue weighted by molar-refractivity contribution is -0.168. The van der Waals surface area contributed by atoms with E-state index in [9.17, 15) is 29.4 Å². The molecular formula is C48H55N3O13. The number of methoxy groups -OCH3 is 1. The Morgan fingerprint density at radius 3 is 2.47 bits per heavy atom. The van der Waals surface area contributed by atoms with Crippen LogP contribution >= 0.6 is 0 Å². The van der Waals surface area contributed by atoms with Gasteiger partial charge in [-0.25, -0.2) is 4.98 Å². The Balaban J connectivity index is 1.30. The number of benzene rings is 3. The number of carbonyl (C=O) groups is 3. The minimum absolute atomic E-state index is 0.00886. The van der Waals surface area contributed by atoms with Crippen molar-refractivity contribution in [3.05, 3.63) is 75.7 Å². The highest BCUT2D eigenvalue weighted by Crippen LogP contribution is 2.50. The monoisotopic (exact) mass is 881 g/mol. The van der Waals surface area contributed by atoms with Crippen LogP contribution in [0.2, 0.25) is 0 Å². The first kappa shape index (κ1) is 44.8. The molecule has 16 heteroatoms. The molecule has 0 spiro atoms. The van der Waals surface area contributed by atoms with Crippen molar-refractivity contribution >= 4 is 45.2 Å². The van der Waals surface area contributed by atoms with Crippen LogP contribution in [0.4, 0.5) is 5.69 Å². The summed E-state index contributed by atoms with van der Waals surface area (Å²) in [5.74, 6) is -5.35. The Kier molecular flexibility index (Phi) is 12.1. The van der Waals surface area contributed by atoms with Crippen molar-refractivity contribution in [2.75, 3.05) is 32.6 Å². The van der Waals surface area contributed by atoms with Gasteiger partial charge in [0.05, 0.1) is 35.5 Å². The minimum atomic E-state index is -2.02. The molecule has 0 radical (unpaired) electrons. The molecule has 2 aromatic rings. The maximum atomic E-state index is 14.8. The van der Waals surface area contributed by atoms with Gasteiger partial charge in [-0.1, -0.05) is 39.0 Å². The number of likely N-dealkylation sites (tertiary alicyclic amines) is 1. The summed E-state index contributed by atoms with van der Waals surface area (Å²) in [6.45, 7) is 13.1. The number of phenols is 1. The Bertz CT molecular complexity index is 2640. The van der Waals surface area contributed by atoms with Gasteiger partial charge in [0.2, 0.25) is 5.43 Å². The summed E-state index contributed by atoms with van der Waals surface area (Å²) in [5, 5.41) is 25.7. The fourth-order valence-corrected chi connectivity index (χ4v) is 9.33. The highest BCUT2D eigenvalue weighted by Gasteiger charge is 2.51. The van der Waals surface area contributed by atoms with Crippen LogP contribution in [-0.2, 0) is 28.5 Å². The lowest BCUT2D eigenvalue weighted by Crippen LogP contribution is -2.46. The van der Waals surface area contributed by atoms with E-state index in [-0.39, 0.29) is 73.9 Å². The number of ether oxygens (including phenoxy) is 6. The molecule has 7 aliphatic rings. The number of aliphatic hydroxyl groups is 1. The highest BCUT2D eigenvalue weighted by atomic mass is 16.7. The number of rotatable bonds is 4. The summed E-state index contributed by atoms with van der Waals surface area (Å²) in [5.41, 5.74) is -0.308. The van der Waals surface area contributed by atoms with Crippen LogP contribution in [0.3, 0.4) is 0 Å². The summed E-state index contributed by atoms with van der Waals surface area (Å²) >= 11 is 0. The lowest BCUT2D eigenvalue weighted by Gasteiger charge is -2.33. The topological polar surface area (TPSA) is 205 Å². The quantitative estimate of drug-likeness (QED) is 0.119. The number of aromatic hydroxyl groups is 1. The highest BCUT2D eigenvalue weighted by molar-refractivity contribution is 6.22. The first-order chi connectivity index (χ1) is 30.4. The minimum Gasteiger partial charge on any atom is -0.507 e. The van der Waals surface area contributed by atoms with E-state index in [2.05, 4.69) is 17.3 Å². The van der Waals surface area contributed by atoms with Crippen molar-refractivity contribution in [3.8, 4) is 28.7 Å². The Hall–Kier alpha value is -5.81. The predicted molar refractivity (Wildman–Crippen MR) is 236 cm³/mol. The summed E-state index contributed by atoms with van der Waals surface area (Å²) in [6.07, 6.45) is 5.32. The molecule has 2 aromatic carbocycles. The van der Waals surface area contributed by atoms with Crippen molar-refractivity contribution in [1.29, 1.82) is 0 Å². The van der Waals surface area contributed by atoms with Gasteiger partial charge in [-0.15, -0.1) is 0 Å². The van der Waals surface area contributed by atoms with Crippen molar-refractivity contribution < 1.29 is 57.4 Å². The van der Waals surface area contributed by atoms with Crippen molar-refractivity contribution in [2.45, 2.75) is 104 Å². The molecule has 64 heavy (non-hydrogen) atoms. The number of nitrogens with one attached hydrogen (secondary N) is 1. The van der Waals surface area contributed by atoms with E-state index >= 15 is 0 Å². The van der Waals surface area contributed by atoms with Gasteiger partial charge in [0.1, 0.15) is 52.5 Å². The number of fused-ring (bicyclic) bond motifs is 9. The van der Waals surface area contributed by atoms with Crippen LogP contribution < -0.4 is 20.2 Å². The fraction of sp³-hybridized carbons (Fsp3) is 0.479. The average molecular weight is 882 g/mol. The molecule has 1 aliphatic carbocycles. The second kappa shape index (κ2) is 17.3. The first-order valence-electron chi connectivity index (χ1n) is 21.7. The van der Waals surface area contributed by atoms with E-state index in [1.807, 2.05) is 19.9 Å². The van der Waals surface area contributed by atoms with Gasteiger partial charge < -0.3 is 53.3 Å². The van der Waals surface area contributed by atoms with Crippen LogP contribution in [-0.4, -0.2) is 107 Å². The molecule has 0 unspecified atom stereocenters. The van der Waals surface area contributed by atoms with Crippen LogP contribution in [0.5, 0.6) is 17.2 Å². The Morgan fingerprint density at radius 1 is 1.03 bits per heavy atom. The number of carbonyl (C=O) groups excluding carboxylic acids is 3. The van der Waals surface area contributed by atoms with Crippen LogP contribution in [0, 0.1) is 24.7 Å². The van der Waals surface area contributed by atoms with E-state index in [1.54, 1.807) is 44.2 Å². The SMILES string of the molecule is CO[C@H]1/C=C/O[C@@]2(C)Oc3c(C)c(O)c4c(=O)c(c5oc6cc(OC7CCN(C)CC7)ccc6nc-5c4c3C2=O)NC(=O)/C(C)=C\C=C\[C@H](C)[C@@H]2O[C@H]([C@H](O)[C@@H]2C)[C@H](OC(C)=O)[C@@H]1C. The van der Waals surface area contributed by atoms with Crippen LogP contribution in [0.1, 0.15) is 70.3 Å². The third-order valence-electron chi connectivity index (χ3n) is 13.2. The van der Waals surface area contributed by atoms with Gasteiger partial charge in [0.15, 0.2) is 11.3 Å². The zero-order chi connectivity index (χ0) is 45.9.